The molecule has 0 fully saturated rings. The van der Waals surface area contributed by atoms with E-state index in [-0.39, 0.29) is 5.91 Å². The minimum Gasteiger partial charge on any atom is -0.314 e. The van der Waals surface area contributed by atoms with Crippen molar-refractivity contribution in [1.82, 2.24) is 0 Å². The molecule has 0 radical (unpaired) electrons. The Morgan fingerprint density at radius 3 is 2.25 bits per heavy atom. The van der Waals surface area contributed by atoms with Crippen LogP contribution in [0.1, 0.15) is 19.4 Å². The molecule has 0 aliphatic rings. The first kappa shape index (κ1) is 12.3. The van der Waals surface area contributed by atoms with Crippen LogP contribution in [0, 0.1) is 23.7 Å². The van der Waals surface area contributed by atoms with Gasteiger partial charge in [0.2, 0.25) is 5.91 Å². The third kappa shape index (κ3) is 2.40. The molecule has 84 valence electrons. The van der Waals surface area contributed by atoms with Crippen molar-refractivity contribution in [3.63, 3.8) is 0 Å². The molecular weight excluding hydrogens is 200 g/mol. The van der Waals surface area contributed by atoms with Crippen molar-refractivity contribution in [2.75, 3.05) is 11.9 Å². The fourth-order valence-electron chi connectivity index (χ4n) is 1.35. The van der Waals surface area contributed by atoms with Crippen molar-refractivity contribution < 1.29 is 4.79 Å². The summed E-state index contributed by atoms with van der Waals surface area (Å²) in [7, 11) is 1.69. The van der Waals surface area contributed by atoms with Gasteiger partial charge in [-0.25, -0.2) is 0 Å². The Balaban J connectivity index is 2.96. The number of carbonyl (C=O) groups excluding carboxylic acids is 1. The third-order valence-electron chi connectivity index (χ3n) is 2.54. The highest BCUT2D eigenvalue weighted by Crippen LogP contribution is 2.22. The fraction of sp³-hybridized carbons (Fsp3) is 0.385. The van der Waals surface area contributed by atoms with Crippen molar-refractivity contribution in [3.05, 3.63) is 29.8 Å². The summed E-state index contributed by atoms with van der Waals surface area (Å²) in [5.41, 5.74) is 0.961. The third-order valence-corrected chi connectivity index (χ3v) is 2.54. The number of nitriles is 1. The summed E-state index contributed by atoms with van der Waals surface area (Å²) in [5, 5.41) is 8.91. The molecule has 0 spiro atoms. The molecule has 0 heterocycles. The van der Waals surface area contributed by atoms with E-state index in [1.54, 1.807) is 20.9 Å². The van der Waals surface area contributed by atoms with E-state index in [1.165, 1.54) is 4.90 Å². The van der Waals surface area contributed by atoms with E-state index >= 15 is 0 Å². The molecule has 0 aromatic heterocycles. The second-order valence-electron chi connectivity index (χ2n) is 4.44. The quantitative estimate of drug-likeness (QED) is 0.762. The predicted octanol–water partition coefficient (Wildman–Crippen LogP) is 2.51. The molecule has 0 aliphatic carbocycles. The van der Waals surface area contributed by atoms with Gasteiger partial charge in [-0.2, -0.15) is 5.26 Å². The topological polar surface area (TPSA) is 44.1 Å². The molecule has 0 saturated carbocycles. The zero-order valence-corrected chi connectivity index (χ0v) is 10.1. The standard InChI is InChI=1S/C13H16N2O/c1-10-5-7-11(8-6-10)15(4)12(16)13(2,3)9-14/h5-8H,1-4H3. The molecule has 16 heavy (non-hydrogen) atoms. The number of anilines is 1. The van der Waals surface area contributed by atoms with Gasteiger partial charge in [0.1, 0.15) is 5.41 Å². The van der Waals surface area contributed by atoms with Crippen LogP contribution in [0.25, 0.3) is 0 Å². The number of benzene rings is 1. The largest absolute Gasteiger partial charge is 0.314 e. The van der Waals surface area contributed by atoms with E-state index in [1.807, 2.05) is 37.3 Å². The average molecular weight is 216 g/mol. The summed E-state index contributed by atoms with van der Waals surface area (Å²) in [4.78, 5) is 13.5. The van der Waals surface area contributed by atoms with E-state index < -0.39 is 5.41 Å². The van der Waals surface area contributed by atoms with Gasteiger partial charge in [0.05, 0.1) is 6.07 Å². The summed E-state index contributed by atoms with van der Waals surface area (Å²) in [5.74, 6) is -0.196. The van der Waals surface area contributed by atoms with Gasteiger partial charge >= 0.3 is 0 Å². The highest BCUT2D eigenvalue weighted by Gasteiger charge is 2.30. The molecule has 0 N–H and O–H groups in total. The molecule has 1 aromatic carbocycles. The molecule has 3 nitrogen and oxygen atoms in total. The van der Waals surface area contributed by atoms with Gasteiger partial charge in [-0.3, -0.25) is 4.79 Å². The van der Waals surface area contributed by atoms with E-state index in [2.05, 4.69) is 0 Å². The summed E-state index contributed by atoms with van der Waals surface area (Å²) in [6.07, 6.45) is 0. The lowest BCUT2D eigenvalue weighted by Crippen LogP contribution is -2.37. The Bertz CT molecular complexity index is 426. The van der Waals surface area contributed by atoms with Gasteiger partial charge < -0.3 is 4.90 Å². The van der Waals surface area contributed by atoms with Crippen molar-refractivity contribution in [2.24, 2.45) is 5.41 Å². The molecule has 0 bridgehead atoms. The Morgan fingerprint density at radius 1 is 1.31 bits per heavy atom. The van der Waals surface area contributed by atoms with Gasteiger partial charge in [0, 0.05) is 12.7 Å². The van der Waals surface area contributed by atoms with Crippen LogP contribution in [0.5, 0.6) is 0 Å². The Labute approximate surface area is 96.3 Å². The minimum absolute atomic E-state index is 0.196. The van der Waals surface area contributed by atoms with Crippen LogP contribution >= 0.6 is 0 Å². The van der Waals surface area contributed by atoms with Crippen molar-refractivity contribution in [1.29, 1.82) is 5.26 Å². The molecule has 0 aliphatic heterocycles. The van der Waals surface area contributed by atoms with E-state index in [0.29, 0.717) is 0 Å². The number of hydrogen-bond donors (Lipinski definition) is 0. The number of carbonyl (C=O) groups is 1. The van der Waals surface area contributed by atoms with E-state index in [4.69, 9.17) is 5.26 Å². The second-order valence-corrected chi connectivity index (χ2v) is 4.44. The number of amides is 1. The minimum atomic E-state index is -0.986. The van der Waals surface area contributed by atoms with Gasteiger partial charge in [-0.1, -0.05) is 17.7 Å². The van der Waals surface area contributed by atoms with Crippen LogP contribution in [0.4, 0.5) is 5.69 Å². The van der Waals surface area contributed by atoms with E-state index in [0.717, 1.165) is 11.3 Å². The first-order valence-electron chi connectivity index (χ1n) is 5.14. The maximum atomic E-state index is 12.0. The monoisotopic (exact) mass is 216 g/mol. The van der Waals surface area contributed by atoms with Crippen LogP contribution < -0.4 is 4.90 Å². The van der Waals surface area contributed by atoms with Crippen molar-refractivity contribution in [2.45, 2.75) is 20.8 Å². The summed E-state index contributed by atoms with van der Waals surface area (Å²) in [6.45, 7) is 5.24. The molecular formula is C13H16N2O. The smallest absolute Gasteiger partial charge is 0.246 e. The predicted molar refractivity (Wildman–Crippen MR) is 64.0 cm³/mol. The molecule has 3 heteroatoms. The number of hydrogen-bond acceptors (Lipinski definition) is 2. The van der Waals surface area contributed by atoms with Gasteiger partial charge in [-0.05, 0) is 32.9 Å². The number of nitrogens with zero attached hydrogens (tertiary/aromatic N) is 2. The molecule has 1 rings (SSSR count). The number of rotatable bonds is 2. The summed E-state index contributed by atoms with van der Waals surface area (Å²) in [6, 6.07) is 9.65. The summed E-state index contributed by atoms with van der Waals surface area (Å²) < 4.78 is 0. The van der Waals surface area contributed by atoms with Crippen LogP contribution in [0.2, 0.25) is 0 Å². The highest BCUT2D eigenvalue weighted by molar-refractivity contribution is 5.98. The number of aryl methyl sites for hydroxylation is 1. The lowest BCUT2D eigenvalue weighted by atomic mass is 9.94. The van der Waals surface area contributed by atoms with Gasteiger partial charge in [0.15, 0.2) is 0 Å². The molecule has 1 aromatic rings. The van der Waals surface area contributed by atoms with Crippen LogP contribution in [-0.2, 0) is 4.79 Å². The molecule has 1 amide bonds. The Morgan fingerprint density at radius 2 is 1.81 bits per heavy atom. The average Bonchev–Trinajstić information content (AvgIpc) is 2.28. The molecule has 0 saturated heterocycles. The first-order chi connectivity index (χ1) is 7.38. The van der Waals surface area contributed by atoms with Gasteiger partial charge in [0.25, 0.3) is 0 Å². The summed E-state index contributed by atoms with van der Waals surface area (Å²) >= 11 is 0. The Kier molecular flexibility index (Phi) is 3.34. The lowest BCUT2D eigenvalue weighted by Gasteiger charge is -2.24. The van der Waals surface area contributed by atoms with Crippen LogP contribution in [-0.4, -0.2) is 13.0 Å². The SMILES string of the molecule is Cc1ccc(N(C)C(=O)C(C)(C)C#N)cc1. The van der Waals surface area contributed by atoms with Crippen LogP contribution in [0.15, 0.2) is 24.3 Å². The molecule has 0 atom stereocenters. The first-order valence-corrected chi connectivity index (χ1v) is 5.14. The van der Waals surface area contributed by atoms with E-state index in [9.17, 15) is 4.79 Å². The molecule has 0 unspecified atom stereocenters. The van der Waals surface area contributed by atoms with Crippen molar-refractivity contribution >= 4 is 11.6 Å². The second kappa shape index (κ2) is 4.36. The normalized spacial score (nSPS) is 10.7. The lowest BCUT2D eigenvalue weighted by molar-refractivity contribution is -0.123. The van der Waals surface area contributed by atoms with Gasteiger partial charge in [-0.15, -0.1) is 0 Å². The maximum Gasteiger partial charge on any atom is 0.246 e. The van der Waals surface area contributed by atoms with Crippen molar-refractivity contribution in [3.8, 4) is 6.07 Å². The zero-order chi connectivity index (χ0) is 12.3. The highest BCUT2D eigenvalue weighted by atomic mass is 16.2. The van der Waals surface area contributed by atoms with Crippen LogP contribution in [0.3, 0.4) is 0 Å². The fourth-order valence-corrected chi connectivity index (χ4v) is 1.35. The Hall–Kier alpha value is -1.82. The maximum absolute atomic E-state index is 12.0. The zero-order valence-electron chi connectivity index (χ0n) is 10.1.